The Labute approximate surface area is 347 Å². The SMILES string of the molecule is CC(C)(C)c1ccc2c(n1)c1ccccc1n2-c1cccc([Si](c2ccccc2)(c2ccccc2)c2cccc(-n3c4ccccc4c4nc(C(C)(C)C)ccc43)c2)c1. The van der Waals surface area contributed by atoms with Gasteiger partial charge in [0, 0.05) is 44.4 Å². The number of pyridine rings is 2. The van der Waals surface area contributed by atoms with Crippen LogP contribution in [0.3, 0.4) is 0 Å². The van der Waals surface area contributed by atoms with Gasteiger partial charge in [-0.3, -0.25) is 0 Å². The predicted octanol–water partition coefficient (Wildman–Crippen LogP) is 10.6. The van der Waals surface area contributed by atoms with Crippen LogP contribution in [-0.2, 0) is 10.8 Å². The number of rotatable bonds is 6. The van der Waals surface area contributed by atoms with E-state index in [-0.39, 0.29) is 10.8 Å². The average Bonchev–Trinajstić information content (AvgIpc) is 3.77. The molecule has 0 fully saturated rings. The molecule has 0 aliphatic heterocycles. The Morgan fingerprint density at radius 3 is 1.14 bits per heavy atom. The van der Waals surface area contributed by atoms with Crippen molar-refractivity contribution in [2.75, 3.05) is 0 Å². The van der Waals surface area contributed by atoms with Crippen LogP contribution in [0.15, 0.2) is 182 Å². The summed E-state index contributed by atoms with van der Waals surface area (Å²) < 4.78 is 4.83. The zero-order valence-electron chi connectivity index (χ0n) is 34.6. The summed E-state index contributed by atoms with van der Waals surface area (Å²) in [7, 11) is -2.98. The van der Waals surface area contributed by atoms with Crippen molar-refractivity contribution < 1.29 is 0 Å². The summed E-state index contributed by atoms with van der Waals surface area (Å²) in [4.78, 5) is 10.6. The quantitative estimate of drug-likeness (QED) is 0.124. The van der Waals surface area contributed by atoms with E-state index in [1.54, 1.807) is 0 Å². The van der Waals surface area contributed by atoms with Crippen LogP contribution >= 0.6 is 0 Å². The van der Waals surface area contributed by atoms with Gasteiger partial charge in [0.1, 0.15) is 0 Å². The molecule has 0 unspecified atom stereocenters. The van der Waals surface area contributed by atoms with E-state index < -0.39 is 8.07 Å². The molecule has 0 saturated heterocycles. The second-order valence-corrected chi connectivity index (χ2v) is 21.7. The van der Waals surface area contributed by atoms with Crippen molar-refractivity contribution in [2.45, 2.75) is 52.4 Å². The minimum absolute atomic E-state index is 0.0620. The van der Waals surface area contributed by atoms with Crippen LogP contribution in [0.4, 0.5) is 0 Å². The van der Waals surface area contributed by atoms with E-state index in [1.165, 1.54) is 20.7 Å². The molecule has 0 bridgehead atoms. The standard InChI is InChI=1S/C54H48N4Si/c1-53(2,3)49-33-31-47-51(55-49)43-27-13-15-29-45(43)57(47)37-19-17-25-41(35-37)59(39-21-9-7-10-22-39,40-23-11-8-12-24-40)42-26-18-20-38(36-42)58-46-30-16-14-28-44(46)52-48(58)32-34-50(56-52)54(4,5)6/h7-36H,1-6H3. The van der Waals surface area contributed by atoms with Crippen LogP contribution in [-0.4, -0.2) is 27.2 Å². The summed E-state index contributed by atoms with van der Waals surface area (Å²) in [5.41, 5.74) is 10.9. The lowest BCUT2D eigenvalue weighted by Crippen LogP contribution is -2.74. The van der Waals surface area contributed by atoms with Crippen LogP contribution < -0.4 is 20.7 Å². The molecule has 4 nitrogen and oxygen atoms in total. The molecule has 0 atom stereocenters. The Balaban J connectivity index is 1.25. The number of aromatic nitrogens is 4. The molecule has 0 aliphatic rings. The summed E-state index contributed by atoms with van der Waals surface area (Å²) >= 11 is 0. The second kappa shape index (κ2) is 13.8. The third-order valence-electron chi connectivity index (χ3n) is 12.1. The predicted molar refractivity (Wildman–Crippen MR) is 252 cm³/mol. The van der Waals surface area contributed by atoms with Crippen molar-refractivity contribution in [1.82, 2.24) is 19.1 Å². The second-order valence-electron chi connectivity index (χ2n) is 17.9. The first kappa shape index (κ1) is 36.8. The third-order valence-corrected chi connectivity index (χ3v) is 16.8. The van der Waals surface area contributed by atoms with E-state index in [4.69, 9.17) is 9.97 Å². The number of para-hydroxylation sites is 2. The zero-order chi connectivity index (χ0) is 40.5. The maximum absolute atomic E-state index is 5.31. The molecule has 59 heavy (non-hydrogen) atoms. The van der Waals surface area contributed by atoms with Crippen molar-refractivity contribution in [3.05, 3.63) is 193 Å². The average molecular weight is 781 g/mol. The van der Waals surface area contributed by atoms with Gasteiger partial charge in [-0.15, -0.1) is 0 Å². The Morgan fingerprint density at radius 1 is 0.356 bits per heavy atom. The van der Waals surface area contributed by atoms with Gasteiger partial charge in [0.25, 0.3) is 0 Å². The summed E-state index contributed by atoms with van der Waals surface area (Å²) in [6.45, 7) is 13.4. The highest BCUT2D eigenvalue weighted by molar-refractivity contribution is 7.20. The highest BCUT2D eigenvalue weighted by atomic mass is 28.3. The molecule has 0 spiro atoms. The molecule has 0 saturated carbocycles. The molecule has 4 heterocycles. The van der Waals surface area contributed by atoms with Crippen LogP contribution in [0.5, 0.6) is 0 Å². The third kappa shape index (κ3) is 5.94. The van der Waals surface area contributed by atoms with Crippen LogP contribution in [0.25, 0.3) is 55.2 Å². The van der Waals surface area contributed by atoms with E-state index in [0.717, 1.165) is 66.6 Å². The number of nitrogens with zero attached hydrogens (tertiary/aromatic N) is 4. The number of hydrogen-bond acceptors (Lipinski definition) is 2. The van der Waals surface area contributed by atoms with Crippen LogP contribution in [0, 0.1) is 0 Å². The fourth-order valence-corrected chi connectivity index (χ4v) is 14.0. The number of hydrogen-bond donors (Lipinski definition) is 0. The highest BCUT2D eigenvalue weighted by Gasteiger charge is 2.42. The molecule has 0 amide bonds. The van der Waals surface area contributed by atoms with Crippen molar-refractivity contribution in [3.63, 3.8) is 0 Å². The normalized spacial score (nSPS) is 12.6. The van der Waals surface area contributed by atoms with Crippen LogP contribution in [0.1, 0.15) is 52.9 Å². The van der Waals surface area contributed by atoms with E-state index in [9.17, 15) is 0 Å². The van der Waals surface area contributed by atoms with Gasteiger partial charge < -0.3 is 9.13 Å². The molecule has 5 heteroatoms. The van der Waals surface area contributed by atoms with Crippen molar-refractivity contribution in [3.8, 4) is 11.4 Å². The van der Waals surface area contributed by atoms with Gasteiger partial charge in [-0.05, 0) is 81.4 Å². The molecule has 0 N–H and O–H groups in total. The maximum Gasteiger partial charge on any atom is 0.179 e. The fraction of sp³-hybridized carbons (Fsp3) is 0.148. The zero-order valence-corrected chi connectivity index (χ0v) is 35.6. The first-order valence-corrected chi connectivity index (χ1v) is 22.7. The van der Waals surface area contributed by atoms with Gasteiger partial charge >= 0.3 is 0 Å². The van der Waals surface area contributed by atoms with E-state index in [1.807, 2.05) is 0 Å². The smallest absolute Gasteiger partial charge is 0.179 e. The van der Waals surface area contributed by atoms with Crippen molar-refractivity contribution >= 4 is 72.7 Å². The molecule has 4 aromatic heterocycles. The molecule has 10 rings (SSSR count). The minimum atomic E-state index is -2.98. The van der Waals surface area contributed by atoms with Gasteiger partial charge in [0.15, 0.2) is 8.07 Å². The van der Waals surface area contributed by atoms with E-state index in [2.05, 4.69) is 233 Å². The Kier molecular flexibility index (Phi) is 8.59. The van der Waals surface area contributed by atoms with E-state index >= 15 is 0 Å². The van der Waals surface area contributed by atoms with Gasteiger partial charge in [0.05, 0.1) is 33.1 Å². The number of fused-ring (bicyclic) bond motifs is 6. The Hall–Kier alpha value is -6.56. The Morgan fingerprint density at radius 2 is 0.729 bits per heavy atom. The van der Waals surface area contributed by atoms with E-state index in [0.29, 0.717) is 0 Å². The van der Waals surface area contributed by atoms with Gasteiger partial charge in [-0.1, -0.05) is 163 Å². The van der Waals surface area contributed by atoms with Crippen molar-refractivity contribution in [2.24, 2.45) is 0 Å². The maximum atomic E-state index is 5.31. The van der Waals surface area contributed by atoms with Gasteiger partial charge in [0.2, 0.25) is 0 Å². The fourth-order valence-electron chi connectivity index (χ4n) is 9.18. The first-order valence-electron chi connectivity index (χ1n) is 20.7. The lowest BCUT2D eigenvalue weighted by molar-refractivity contribution is 0.571. The van der Waals surface area contributed by atoms with Crippen LogP contribution in [0.2, 0.25) is 0 Å². The van der Waals surface area contributed by atoms with Gasteiger partial charge in [-0.25, -0.2) is 9.97 Å². The highest BCUT2D eigenvalue weighted by Crippen LogP contribution is 2.35. The minimum Gasteiger partial charge on any atom is -0.308 e. The molecule has 0 radical (unpaired) electrons. The topological polar surface area (TPSA) is 35.6 Å². The lowest BCUT2D eigenvalue weighted by atomic mass is 9.91. The van der Waals surface area contributed by atoms with Gasteiger partial charge in [-0.2, -0.15) is 0 Å². The Bertz CT molecular complexity index is 2960. The molecular weight excluding hydrogens is 733 g/mol. The summed E-state index contributed by atoms with van der Waals surface area (Å²) in [6.07, 6.45) is 0. The largest absolute Gasteiger partial charge is 0.308 e. The molecule has 6 aromatic carbocycles. The monoisotopic (exact) mass is 780 g/mol. The molecular formula is C54H48N4Si. The summed E-state index contributed by atoms with van der Waals surface area (Å²) in [5.74, 6) is 0. The lowest BCUT2D eigenvalue weighted by Gasteiger charge is -2.35. The molecule has 288 valence electrons. The number of benzene rings is 6. The summed E-state index contributed by atoms with van der Waals surface area (Å²) in [5, 5.41) is 7.62. The summed E-state index contributed by atoms with van der Waals surface area (Å²) in [6, 6.07) is 67.5. The first-order chi connectivity index (χ1) is 28.5. The molecule has 0 aliphatic carbocycles. The van der Waals surface area contributed by atoms with Crippen molar-refractivity contribution in [1.29, 1.82) is 0 Å². The molecule has 10 aromatic rings.